The van der Waals surface area contributed by atoms with Crippen LogP contribution in [0.2, 0.25) is 0 Å². The number of carbonyl (C=O) groups excluding carboxylic acids is 1. The first-order valence-electron chi connectivity index (χ1n) is 8.11. The molecular formula is C19H28O3. The summed E-state index contributed by atoms with van der Waals surface area (Å²) in [5.41, 5.74) is 1.06. The second-order valence-corrected chi connectivity index (χ2v) is 5.85. The molecule has 1 N–H and O–H groups in total. The van der Waals surface area contributed by atoms with Gasteiger partial charge in [-0.3, -0.25) is 4.79 Å². The zero-order chi connectivity index (χ0) is 16.5. The number of allylic oxidation sites excluding steroid dienone is 1. The van der Waals surface area contributed by atoms with Gasteiger partial charge in [0.15, 0.2) is 0 Å². The summed E-state index contributed by atoms with van der Waals surface area (Å²) >= 11 is 0. The second kappa shape index (κ2) is 9.42. The molecule has 0 amide bonds. The smallest absolute Gasteiger partial charge is 0.308 e. The summed E-state index contributed by atoms with van der Waals surface area (Å²) in [5, 5.41) is 10.3. The lowest BCUT2D eigenvalue weighted by molar-refractivity contribution is -0.131. The van der Waals surface area contributed by atoms with Gasteiger partial charge in [0.1, 0.15) is 5.75 Å². The first-order chi connectivity index (χ1) is 10.5. The van der Waals surface area contributed by atoms with E-state index in [1.165, 1.54) is 6.92 Å². The summed E-state index contributed by atoms with van der Waals surface area (Å²) in [7, 11) is 0. The van der Waals surface area contributed by atoms with Gasteiger partial charge in [0.05, 0.1) is 6.10 Å². The molecule has 1 rings (SSSR count). The molecule has 0 saturated carbocycles. The van der Waals surface area contributed by atoms with E-state index in [9.17, 15) is 9.90 Å². The number of hydrogen-bond acceptors (Lipinski definition) is 3. The Balaban J connectivity index is 2.52. The largest absolute Gasteiger partial charge is 0.427 e. The summed E-state index contributed by atoms with van der Waals surface area (Å²) < 4.78 is 5.00. The van der Waals surface area contributed by atoms with Crippen LogP contribution < -0.4 is 4.74 Å². The van der Waals surface area contributed by atoms with Crippen molar-refractivity contribution in [3.05, 3.63) is 35.9 Å². The van der Waals surface area contributed by atoms with Gasteiger partial charge in [0.2, 0.25) is 0 Å². The van der Waals surface area contributed by atoms with Gasteiger partial charge in [-0.2, -0.15) is 0 Å². The minimum absolute atomic E-state index is 0.244. The average Bonchev–Trinajstić information content (AvgIpc) is 2.49. The third-order valence-corrected chi connectivity index (χ3v) is 4.07. The summed E-state index contributed by atoms with van der Waals surface area (Å²) in [6.07, 6.45) is 6.77. The fourth-order valence-corrected chi connectivity index (χ4v) is 2.61. The van der Waals surface area contributed by atoms with Crippen LogP contribution in [0.15, 0.2) is 30.3 Å². The quantitative estimate of drug-likeness (QED) is 0.570. The standard InChI is InChI=1S/C19H28O3/c1-5-17(6-2)19(21)14(3)8-7-9-16-10-12-18(13-11-16)22-15(4)20/h7,9-14,17,19,21H,5-6,8H2,1-4H3/b9-7+/t14-,19-/m1/s1. The van der Waals surface area contributed by atoms with Crippen LogP contribution in [-0.4, -0.2) is 17.2 Å². The second-order valence-electron chi connectivity index (χ2n) is 5.85. The lowest BCUT2D eigenvalue weighted by atomic mass is 9.86. The molecule has 0 radical (unpaired) electrons. The molecule has 3 heteroatoms. The Labute approximate surface area is 134 Å². The molecule has 0 aliphatic rings. The van der Waals surface area contributed by atoms with Crippen molar-refractivity contribution in [3.8, 4) is 5.75 Å². The molecule has 1 aromatic rings. The lowest BCUT2D eigenvalue weighted by Gasteiger charge is -2.25. The Kier molecular flexibility index (Phi) is 7.89. The van der Waals surface area contributed by atoms with Crippen LogP contribution in [-0.2, 0) is 4.79 Å². The van der Waals surface area contributed by atoms with Crippen molar-refractivity contribution in [2.24, 2.45) is 11.8 Å². The molecule has 0 aromatic heterocycles. The minimum Gasteiger partial charge on any atom is -0.427 e. The van der Waals surface area contributed by atoms with Crippen LogP contribution >= 0.6 is 0 Å². The number of rotatable bonds is 8. The van der Waals surface area contributed by atoms with E-state index in [1.807, 2.05) is 18.2 Å². The Bertz CT molecular complexity index is 472. The molecule has 2 atom stereocenters. The molecule has 0 aliphatic carbocycles. The van der Waals surface area contributed by atoms with Gasteiger partial charge in [0, 0.05) is 6.92 Å². The highest BCUT2D eigenvalue weighted by atomic mass is 16.5. The highest BCUT2D eigenvalue weighted by Gasteiger charge is 2.20. The number of ether oxygens (including phenoxy) is 1. The predicted molar refractivity (Wildman–Crippen MR) is 90.6 cm³/mol. The van der Waals surface area contributed by atoms with Crippen LogP contribution in [0, 0.1) is 11.8 Å². The molecule has 122 valence electrons. The molecular weight excluding hydrogens is 276 g/mol. The normalized spacial score (nSPS) is 14.3. The SMILES string of the molecule is CCC(CC)[C@H](O)[C@H](C)C/C=C/c1ccc(OC(C)=O)cc1. The highest BCUT2D eigenvalue weighted by molar-refractivity contribution is 5.69. The van der Waals surface area contributed by atoms with Crippen LogP contribution in [0.3, 0.4) is 0 Å². The Hall–Kier alpha value is -1.61. The molecule has 0 saturated heterocycles. The first-order valence-corrected chi connectivity index (χ1v) is 8.11. The maximum atomic E-state index is 10.9. The van der Waals surface area contributed by atoms with Gasteiger partial charge in [-0.25, -0.2) is 0 Å². The topological polar surface area (TPSA) is 46.5 Å². The van der Waals surface area contributed by atoms with Gasteiger partial charge in [0.25, 0.3) is 0 Å². The third kappa shape index (κ3) is 6.02. The molecule has 0 unspecified atom stereocenters. The number of aliphatic hydroxyl groups is 1. The highest BCUT2D eigenvalue weighted by Crippen LogP contribution is 2.22. The first kappa shape index (κ1) is 18.4. The number of carbonyl (C=O) groups is 1. The zero-order valence-electron chi connectivity index (χ0n) is 14.1. The molecule has 3 nitrogen and oxygen atoms in total. The van der Waals surface area contributed by atoms with E-state index in [2.05, 4.69) is 26.8 Å². The van der Waals surface area contributed by atoms with E-state index < -0.39 is 0 Å². The Morgan fingerprint density at radius 1 is 1.23 bits per heavy atom. The van der Waals surface area contributed by atoms with Gasteiger partial charge in [-0.05, 0) is 36.0 Å². The van der Waals surface area contributed by atoms with Crippen LogP contribution in [0.25, 0.3) is 6.08 Å². The van der Waals surface area contributed by atoms with E-state index in [4.69, 9.17) is 4.74 Å². The molecule has 0 spiro atoms. The van der Waals surface area contributed by atoms with Crippen molar-refractivity contribution in [1.29, 1.82) is 0 Å². The molecule has 1 aromatic carbocycles. The van der Waals surface area contributed by atoms with Gasteiger partial charge in [-0.1, -0.05) is 57.9 Å². The maximum Gasteiger partial charge on any atom is 0.308 e. The van der Waals surface area contributed by atoms with Crippen LogP contribution in [0.5, 0.6) is 5.75 Å². The van der Waals surface area contributed by atoms with Gasteiger partial charge < -0.3 is 9.84 Å². The fourth-order valence-electron chi connectivity index (χ4n) is 2.61. The van der Waals surface area contributed by atoms with Crippen molar-refractivity contribution in [2.75, 3.05) is 0 Å². The number of hydrogen-bond donors (Lipinski definition) is 1. The van der Waals surface area contributed by atoms with E-state index in [0.29, 0.717) is 11.7 Å². The van der Waals surface area contributed by atoms with Crippen molar-refractivity contribution < 1.29 is 14.6 Å². The zero-order valence-corrected chi connectivity index (χ0v) is 14.1. The maximum absolute atomic E-state index is 10.9. The van der Waals surface area contributed by atoms with E-state index >= 15 is 0 Å². The molecule has 0 fully saturated rings. The van der Waals surface area contributed by atoms with Crippen LogP contribution in [0.1, 0.15) is 52.5 Å². The summed E-state index contributed by atoms with van der Waals surface area (Å²) in [4.78, 5) is 10.9. The van der Waals surface area contributed by atoms with Gasteiger partial charge >= 0.3 is 5.97 Å². The van der Waals surface area contributed by atoms with E-state index in [-0.39, 0.29) is 18.0 Å². The predicted octanol–water partition coefficient (Wildman–Crippen LogP) is 4.45. The van der Waals surface area contributed by atoms with Crippen LogP contribution in [0.4, 0.5) is 0 Å². The average molecular weight is 304 g/mol. The summed E-state index contributed by atoms with van der Waals surface area (Å²) in [5.74, 6) is 0.877. The van der Waals surface area contributed by atoms with E-state index in [1.54, 1.807) is 12.1 Å². The van der Waals surface area contributed by atoms with Crippen molar-refractivity contribution in [3.63, 3.8) is 0 Å². The summed E-state index contributed by atoms with van der Waals surface area (Å²) in [6.45, 7) is 7.74. The molecule has 0 aliphatic heterocycles. The van der Waals surface area contributed by atoms with Crippen molar-refractivity contribution in [2.45, 2.75) is 53.1 Å². The van der Waals surface area contributed by atoms with Crippen molar-refractivity contribution >= 4 is 12.0 Å². The number of esters is 1. The number of benzene rings is 1. The molecule has 0 bridgehead atoms. The Morgan fingerprint density at radius 2 is 1.82 bits per heavy atom. The van der Waals surface area contributed by atoms with Gasteiger partial charge in [-0.15, -0.1) is 0 Å². The molecule has 22 heavy (non-hydrogen) atoms. The Morgan fingerprint density at radius 3 is 2.32 bits per heavy atom. The third-order valence-electron chi connectivity index (χ3n) is 4.07. The molecule has 0 heterocycles. The number of aliphatic hydroxyl groups excluding tert-OH is 1. The monoisotopic (exact) mass is 304 g/mol. The summed E-state index contributed by atoms with van der Waals surface area (Å²) in [6, 6.07) is 7.39. The van der Waals surface area contributed by atoms with E-state index in [0.717, 1.165) is 24.8 Å². The minimum atomic E-state index is -0.312. The van der Waals surface area contributed by atoms with Crippen molar-refractivity contribution in [1.82, 2.24) is 0 Å². The lowest BCUT2D eigenvalue weighted by Crippen LogP contribution is -2.26. The fraction of sp³-hybridized carbons (Fsp3) is 0.526.